The van der Waals surface area contributed by atoms with Crippen molar-refractivity contribution in [3.05, 3.63) is 41.7 Å². The van der Waals surface area contributed by atoms with Crippen LogP contribution >= 0.6 is 0 Å². The fraction of sp³-hybridized carbons (Fsp3) is 0.545. The first kappa shape index (κ1) is 20.9. The van der Waals surface area contributed by atoms with Gasteiger partial charge in [-0.05, 0) is 50.7 Å². The van der Waals surface area contributed by atoms with Crippen LogP contribution in [-0.2, 0) is 16.0 Å². The van der Waals surface area contributed by atoms with Gasteiger partial charge >= 0.3 is 0 Å². The SMILES string of the molecule is O=C(NC1CCC(O)CC1)C1(Cc2cc(-c3ccc(F)cc3F)no2)CCOCC1. The van der Waals surface area contributed by atoms with Crippen molar-refractivity contribution in [3.8, 4) is 11.3 Å². The zero-order valence-electron chi connectivity index (χ0n) is 16.7. The summed E-state index contributed by atoms with van der Waals surface area (Å²) in [7, 11) is 0. The summed E-state index contributed by atoms with van der Waals surface area (Å²) in [6.07, 6.45) is 4.05. The molecule has 1 aliphatic carbocycles. The minimum atomic E-state index is -0.715. The molecule has 30 heavy (non-hydrogen) atoms. The van der Waals surface area contributed by atoms with E-state index in [4.69, 9.17) is 9.26 Å². The van der Waals surface area contributed by atoms with E-state index in [0.717, 1.165) is 18.9 Å². The van der Waals surface area contributed by atoms with Gasteiger partial charge in [-0.15, -0.1) is 0 Å². The Kier molecular flexibility index (Phi) is 6.15. The third-order valence-electron chi connectivity index (χ3n) is 6.24. The summed E-state index contributed by atoms with van der Waals surface area (Å²) in [4.78, 5) is 13.2. The lowest BCUT2D eigenvalue weighted by Gasteiger charge is -2.37. The first-order chi connectivity index (χ1) is 14.4. The number of halogens is 2. The van der Waals surface area contributed by atoms with Crippen LogP contribution in [0.3, 0.4) is 0 Å². The van der Waals surface area contributed by atoms with Gasteiger partial charge in [-0.3, -0.25) is 4.79 Å². The van der Waals surface area contributed by atoms with E-state index in [9.17, 15) is 18.7 Å². The number of aliphatic hydroxyl groups is 1. The highest BCUT2D eigenvalue weighted by Crippen LogP contribution is 2.36. The molecule has 2 aromatic rings. The average molecular weight is 420 g/mol. The Labute approximate surface area is 173 Å². The van der Waals surface area contributed by atoms with Crippen LogP contribution < -0.4 is 5.32 Å². The molecule has 1 aliphatic heterocycles. The number of aliphatic hydroxyl groups excluding tert-OH is 1. The zero-order valence-corrected chi connectivity index (χ0v) is 16.7. The van der Waals surface area contributed by atoms with Gasteiger partial charge in [-0.2, -0.15) is 0 Å². The normalized spacial score (nSPS) is 23.8. The summed E-state index contributed by atoms with van der Waals surface area (Å²) < 4.78 is 38.1. The van der Waals surface area contributed by atoms with Crippen molar-refractivity contribution in [3.63, 3.8) is 0 Å². The molecule has 2 N–H and O–H groups in total. The molecule has 1 aromatic heterocycles. The van der Waals surface area contributed by atoms with E-state index in [1.165, 1.54) is 12.1 Å². The van der Waals surface area contributed by atoms with Crippen LogP contribution in [0.5, 0.6) is 0 Å². The van der Waals surface area contributed by atoms with Crippen LogP contribution in [0.4, 0.5) is 8.78 Å². The number of amides is 1. The van der Waals surface area contributed by atoms with Crippen LogP contribution in [0.25, 0.3) is 11.3 Å². The lowest BCUT2D eigenvalue weighted by atomic mass is 9.75. The number of hydrogen-bond acceptors (Lipinski definition) is 5. The molecule has 6 nitrogen and oxygen atoms in total. The highest BCUT2D eigenvalue weighted by atomic mass is 19.1. The molecular weight excluding hydrogens is 394 g/mol. The van der Waals surface area contributed by atoms with Crippen molar-refractivity contribution in [1.29, 1.82) is 0 Å². The first-order valence-electron chi connectivity index (χ1n) is 10.4. The lowest BCUT2D eigenvalue weighted by Crippen LogP contribution is -2.50. The highest BCUT2D eigenvalue weighted by Gasteiger charge is 2.42. The molecule has 2 aliphatic rings. The third kappa shape index (κ3) is 4.54. The number of ether oxygens (including phenoxy) is 1. The minimum absolute atomic E-state index is 0.0434. The second-order valence-corrected chi connectivity index (χ2v) is 8.35. The Morgan fingerprint density at radius 1 is 1.17 bits per heavy atom. The molecule has 162 valence electrons. The predicted octanol–water partition coefficient (Wildman–Crippen LogP) is 3.38. The van der Waals surface area contributed by atoms with Gasteiger partial charge in [-0.1, -0.05) is 5.16 Å². The van der Waals surface area contributed by atoms with Gasteiger partial charge in [-0.25, -0.2) is 8.78 Å². The van der Waals surface area contributed by atoms with Gasteiger partial charge in [0, 0.05) is 43.4 Å². The maximum atomic E-state index is 14.1. The molecule has 8 heteroatoms. The molecule has 0 atom stereocenters. The van der Waals surface area contributed by atoms with Gasteiger partial charge in [0.05, 0.1) is 11.5 Å². The molecule has 2 fully saturated rings. The van der Waals surface area contributed by atoms with Crippen molar-refractivity contribution >= 4 is 5.91 Å². The lowest BCUT2D eigenvalue weighted by molar-refractivity contribution is -0.138. The van der Waals surface area contributed by atoms with Crippen molar-refractivity contribution in [2.45, 2.75) is 57.1 Å². The largest absolute Gasteiger partial charge is 0.393 e. The maximum absolute atomic E-state index is 14.1. The van der Waals surface area contributed by atoms with E-state index in [1.807, 2.05) is 0 Å². The Balaban J connectivity index is 1.50. The number of carbonyl (C=O) groups is 1. The van der Waals surface area contributed by atoms with E-state index in [2.05, 4.69) is 10.5 Å². The molecule has 0 radical (unpaired) electrons. The van der Waals surface area contributed by atoms with E-state index < -0.39 is 17.0 Å². The number of nitrogens with one attached hydrogen (secondary N) is 1. The smallest absolute Gasteiger partial charge is 0.227 e. The molecule has 1 saturated carbocycles. The summed E-state index contributed by atoms with van der Waals surface area (Å²) in [6, 6.07) is 4.96. The van der Waals surface area contributed by atoms with Crippen molar-refractivity contribution in [2.75, 3.05) is 13.2 Å². The number of carbonyl (C=O) groups excluding carboxylic acids is 1. The second kappa shape index (κ2) is 8.81. The Morgan fingerprint density at radius 2 is 1.90 bits per heavy atom. The van der Waals surface area contributed by atoms with Gasteiger partial charge in [0.1, 0.15) is 23.1 Å². The number of aromatic nitrogens is 1. The fourth-order valence-electron chi connectivity index (χ4n) is 4.36. The second-order valence-electron chi connectivity index (χ2n) is 8.35. The molecule has 0 unspecified atom stereocenters. The van der Waals surface area contributed by atoms with Gasteiger partial charge in [0.25, 0.3) is 0 Å². The molecular formula is C22H26F2N2O4. The maximum Gasteiger partial charge on any atom is 0.227 e. The fourth-order valence-corrected chi connectivity index (χ4v) is 4.36. The summed E-state index contributed by atoms with van der Waals surface area (Å²) in [5, 5.41) is 16.8. The number of nitrogens with zero attached hydrogens (tertiary/aromatic N) is 1. The third-order valence-corrected chi connectivity index (χ3v) is 6.24. The summed E-state index contributed by atoms with van der Waals surface area (Å²) in [5.74, 6) is -0.941. The van der Waals surface area contributed by atoms with Crippen LogP contribution in [0.2, 0.25) is 0 Å². The predicted molar refractivity (Wildman–Crippen MR) is 104 cm³/mol. The van der Waals surface area contributed by atoms with Crippen LogP contribution in [0.1, 0.15) is 44.3 Å². The average Bonchev–Trinajstić information content (AvgIpc) is 3.18. The Hall–Kier alpha value is -2.32. The van der Waals surface area contributed by atoms with Crippen molar-refractivity contribution in [1.82, 2.24) is 10.5 Å². The van der Waals surface area contributed by atoms with Crippen LogP contribution in [0, 0.1) is 17.0 Å². The minimum Gasteiger partial charge on any atom is -0.393 e. The van der Waals surface area contributed by atoms with Crippen LogP contribution in [0.15, 0.2) is 28.8 Å². The Morgan fingerprint density at radius 3 is 2.60 bits per heavy atom. The van der Waals surface area contributed by atoms with E-state index in [1.54, 1.807) is 6.07 Å². The quantitative estimate of drug-likeness (QED) is 0.775. The summed E-state index contributed by atoms with van der Waals surface area (Å²) >= 11 is 0. The van der Waals surface area contributed by atoms with E-state index >= 15 is 0 Å². The summed E-state index contributed by atoms with van der Waals surface area (Å²) in [5.41, 5.74) is -0.268. The van der Waals surface area contributed by atoms with Crippen molar-refractivity contribution < 1.29 is 27.9 Å². The van der Waals surface area contributed by atoms with E-state index in [-0.39, 0.29) is 29.3 Å². The molecule has 1 aromatic carbocycles. The molecule has 2 heterocycles. The van der Waals surface area contributed by atoms with Crippen LogP contribution in [-0.4, -0.2) is 41.5 Å². The topological polar surface area (TPSA) is 84.6 Å². The van der Waals surface area contributed by atoms with Gasteiger partial charge in [0.2, 0.25) is 5.91 Å². The number of hydrogen-bond donors (Lipinski definition) is 2. The molecule has 0 bridgehead atoms. The number of rotatable bonds is 5. The first-order valence-corrected chi connectivity index (χ1v) is 10.4. The molecule has 4 rings (SSSR count). The van der Waals surface area contributed by atoms with E-state index in [0.29, 0.717) is 51.1 Å². The van der Waals surface area contributed by atoms with Crippen molar-refractivity contribution in [2.24, 2.45) is 5.41 Å². The molecule has 1 amide bonds. The highest BCUT2D eigenvalue weighted by molar-refractivity contribution is 5.83. The molecule has 0 spiro atoms. The molecule has 1 saturated heterocycles. The standard InChI is InChI=1S/C22H26F2N2O4/c23-14-1-6-18(19(24)11-14)20-12-17(30-26-20)13-22(7-9-29-10-8-22)21(28)25-15-2-4-16(27)5-3-15/h1,6,11-12,15-16,27H,2-5,7-10,13H2,(H,25,28). The summed E-state index contributed by atoms with van der Waals surface area (Å²) in [6.45, 7) is 0.953. The number of benzene rings is 1. The van der Waals surface area contributed by atoms with Gasteiger partial charge in [0.15, 0.2) is 0 Å². The monoisotopic (exact) mass is 420 g/mol. The Bertz CT molecular complexity index is 887. The zero-order chi connectivity index (χ0) is 21.1. The van der Waals surface area contributed by atoms with Gasteiger partial charge < -0.3 is 19.7 Å².